The Kier molecular flexibility index (Phi) is 3.04. The van der Waals surface area contributed by atoms with Crippen molar-refractivity contribution in [3.63, 3.8) is 0 Å². The van der Waals surface area contributed by atoms with Crippen LogP contribution in [0, 0.1) is 11.8 Å². The summed E-state index contributed by atoms with van der Waals surface area (Å²) in [6, 6.07) is 7.57. The number of carbonyl (C=O) groups is 1. The van der Waals surface area contributed by atoms with Gasteiger partial charge in [-0.25, -0.2) is 4.79 Å². The third-order valence-electron chi connectivity index (χ3n) is 4.15. The molecule has 1 aliphatic rings. The Morgan fingerprint density at radius 1 is 1.20 bits per heavy atom. The number of benzene rings is 1. The molecule has 5 nitrogen and oxygen atoms in total. The third-order valence-corrected chi connectivity index (χ3v) is 4.15. The predicted octanol–water partition coefficient (Wildman–Crippen LogP) is 2.42. The summed E-state index contributed by atoms with van der Waals surface area (Å²) in [7, 11) is 0. The van der Waals surface area contributed by atoms with Crippen molar-refractivity contribution in [1.82, 2.24) is 10.2 Å². The maximum Gasteiger partial charge on any atom is 0.358 e. The molecule has 2 atom stereocenters. The molecule has 2 aromatic rings. The second-order valence-corrected chi connectivity index (χ2v) is 5.58. The zero-order valence-electron chi connectivity index (χ0n) is 11.6. The molecule has 1 aliphatic heterocycles. The van der Waals surface area contributed by atoms with E-state index in [9.17, 15) is 9.90 Å². The van der Waals surface area contributed by atoms with E-state index in [0.29, 0.717) is 17.5 Å². The summed E-state index contributed by atoms with van der Waals surface area (Å²) in [5, 5.41) is 18.2. The van der Waals surface area contributed by atoms with E-state index in [-0.39, 0.29) is 5.69 Å². The molecular formula is C15H17N3O2. The molecule has 104 valence electrons. The van der Waals surface area contributed by atoms with E-state index in [0.717, 1.165) is 24.0 Å². The molecule has 3 rings (SSSR count). The van der Waals surface area contributed by atoms with Crippen LogP contribution < -0.4 is 4.90 Å². The number of hydrogen-bond acceptors (Lipinski definition) is 4. The van der Waals surface area contributed by atoms with Gasteiger partial charge in [-0.3, -0.25) is 0 Å². The molecule has 2 unspecified atom stereocenters. The van der Waals surface area contributed by atoms with Gasteiger partial charge < -0.3 is 10.0 Å². The van der Waals surface area contributed by atoms with Gasteiger partial charge >= 0.3 is 5.97 Å². The molecule has 2 heterocycles. The predicted molar refractivity (Wildman–Crippen MR) is 77.0 cm³/mol. The summed E-state index contributed by atoms with van der Waals surface area (Å²) in [5.74, 6) is 0.0672. The molecule has 1 aromatic heterocycles. The minimum atomic E-state index is -1.02. The molecule has 5 heteroatoms. The van der Waals surface area contributed by atoms with E-state index in [1.54, 1.807) is 0 Å². The van der Waals surface area contributed by atoms with Crippen molar-refractivity contribution in [2.75, 3.05) is 18.0 Å². The Bertz CT molecular complexity index is 661. The molecule has 1 N–H and O–H groups in total. The summed E-state index contributed by atoms with van der Waals surface area (Å²) in [4.78, 5) is 13.6. The Labute approximate surface area is 117 Å². The maximum absolute atomic E-state index is 11.5. The standard InChI is InChI=1S/C15H17N3O2/c1-9-7-18(8-10(9)2)14-11-5-3-4-6-12(11)16-17-13(14)15(19)20/h3-6,9-10H,7-8H2,1-2H3,(H,19,20). The normalized spacial score (nSPS) is 22.4. The fourth-order valence-electron chi connectivity index (χ4n) is 2.82. The molecule has 0 amide bonds. The van der Waals surface area contributed by atoms with Crippen molar-refractivity contribution in [3.8, 4) is 0 Å². The van der Waals surface area contributed by atoms with Gasteiger partial charge in [-0.1, -0.05) is 32.0 Å². The second kappa shape index (κ2) is 4.74. The number of rotatable bonds is 2. The van der Waals surface area contributed by atoms with E-state index in [1.165, 1.54) is 0 Å². The van der Waals surface area contributed by atoms with Crippen LogP contribution in [0.2, 0.25) is 0 Å². The van der Waals surface area contributed by atoms with Crippen LogP contribution in [0.1, 0.15) is 24.3 Å². The Morgan fingerprint density at radius 2 is 1.85 bits per heavy atom. The average molecular weight is 271 g/mol. The van der Waals surface area contributed by atoms with Crippen LogP contribution in [-0.2, 0) is 0 Å². The van der Waals surface area contributed by atoms with Gasteiger partial charge in [0.15, 0.2) is 5.69 Å². The lowest BCUT2D eigenvalue weighted by atomic mass is 10.0. The van der Waals surface area contributed by atoms with Crippen molar-refractivity contribution in [3.05, 3.63) is 30.0 Å². The van der Waals surface area contributed by atoms with Gasteiger partial charge in [0.2, 0.25) is 0 Å². The van der Waals surface area contributed by atoms with Crippen LogP contribution in [-0.4, -0.2) is 34.4 Å². The molecule has 0 radical (unpaired) electrons. The van der Waals surface area contributed by atoms with E-state index in [1.807, 2.05) is 24.3 Å². The largest absolute Gasteiger partial charge is 0.476 e. The summed E-state index contributed by atoms with van der Waals surface area (Å²) in [6.45, 7) is 6.11. The molecule has 1 saturated heterocycles. The Hall–Kier alpha value is -2.17. The van der Waals surface area contributed by atoms with Gasteiger partial charge in [-0.05, 0) is 17.9 Å². The number of hydrogen-bond donors (Lipinski definition) is 1. The quantitative estimate of drug-likeness (QED) is 0.908. The summed E-state index contributed by atoms with van der Waals surface area (Å²) >= 11 is 0. The fraction of sp³-hybridized carbons (Fsp3) is 0.400. The third kappa shape index (κ3) is 1.99. The summed E-state index contributed by atoms with van der Waals surface area (Å²) < 4.78 is 0. The van der Waals surface area contributed by atoms with Crippen LogP contribution in [0.25, 0.3) is 10.9 Å². The lowest BCUT2D eigenvalue weighted by Crippen LogP contribution is -2.23. The molecule has 1 fully saturated rings. The van der Waals surface area contributed by atoms with Crippen molar-refractivity contribution in [2.24, 2.45) is 11.8 Å². The number of aromatic carboxylic acids is 1. The van der Waals surface area contributed by atoms with Crippen molar-refractivity contribution in [1.29, 1.82) is 0 Å². The summed E-state index contributed by atoms with van der Waals surface area (Å²) in [6.07, 6.45) is 0. The van der Waals surface area contributed by atoms with Crippen molar-refractivity contribution < 1.29 is 9.90 Å². The first-order chi connectivity index (χ1) is 9.58. The maximum atomic E-state index is 11.5. The lowest BCUT2D eigenvalue weighted by Gasteiger charge is -2.21. The number of fused-ring (bicyclic) bond motifs is 1. The van der Waals surface area contributed by atoms with Crippen molar-refractivity contribution >= 4 is 22.6 Å². The van der Waals surface area contributed by atoms with Crippen LogP contribution >= 0.6 is 0 Å². The van der Waals surface area contributed by atoms with E-state index in [2.05, 4.69) is 28.9 Å². The van der Waals surface area contributed by atoms with Gasteiger partial charge in [-0.2, -0.15) is 0 Å². The first kappa shape index (κ1) is 12.8. The average Bonchev–Trinajstić information content (AvgIpc) is 2.77. The van der Waals surface area contributed by atoms with E-state index in [4.69, 9.17) is 0 Å². The SMILES string of the molecule is CC1CN(c2c(C(=O)O)nnc3ccccc23)CC1C. The zero-order chi connectivity index (χ0) is 14.3. The van der Waals surface area contributed by atoms with Gasteiger partial charge in [0.1, 0.15) is 0 Å². The zero-order valence-corrected chi connectivity index (χ0v) is 11.6. The van der Waals surface area contributed by atoms with Crippen LogP contribution in [0.4, 0.5) is 5.69 Å². The van der Waals surface area contributed by atoms with Gasteiger partial charge in [0.05, 0.1) is 11.2 Å². The lowest BCUT2D eigenvalue weighted by molar-refractivity contribution is 0.0690. The number of carboxylic acid groups (broad SMARTS) is 1. The van der Waals surface area contributed by atoms with Crippen molar-refractivity contribution in [2.45, 2.75) is 13.8 Å². The number of carboxylic acids is 1. The van der Waals surface area contributed by atoms with Gasteiger partial charge in [-0.15, -0.1) is 10.2 Å². The highest BCUT2D eigenvalue weighted by Gasteiger charge is 2.30. The second-order valence-electron chi connectivity index (χ2n) is 5.58. The Morgan fingerprint density at radius 3 is 2.50 bits per heavy atom. The Balaban J connectivity index is 2.20. The summed E-state index contributed by atoms with van der Waals surface area (Å²) in [5.41, 5.74) is 1.49. The van der Waals surface area contributed by atoms with Gasteiger partial charge in [0.25, 0.3) is 0 Å². The topological polar surface area (TPSA) is 66.3 Å². The highest BCUT2D eigenvalue weighted by molar-refractivity contribution is 6.02. The number of aromatic nitrogens is 2. The van der Waals surface area contributed by atoms with E-state index >= 15 is 0 Å². The number of nitrogens with zero attached hydrogens (tertiary/aromatic N) is 3. The minimum Gasteiger partial charge on any atom is -0.476 e. The number of anilines is 1. The smallest absolute Gasteiger partial charge is 0.358 e. The molecule has 20 heavy (non-hydrogen) atoms. The molecule has 0 aliphatic carbocycles. The van der Waals surface area contributed by atoms with Crippen LogP contribution in [0.3, 0.4) is 0 Å². The minimum absolute atomic E-state index is 0.0463. The molecule has 0 bridgehead atoms. The first-order valence-electron chi connectivity index (χ1n) is 6.81. The molecule has 0 spiro atoms. The van der Waals surface area contributed by atoms with Crippen LogP contribution in [0.5, 0.6) is 0 Å². The molecule has 1 aromatic carbocycles. The molecule has 0 saturated carbocycles. The monoisotopic (exact) mass is 271 g/mol. The highest BCUT2D eigenvalue weighted by atomic mass is 16.4. The van der Waals surface area contributed by atoms with E-state index < -0.39 is 5.97 Å². The van der Waals surface area contributed by atoms with Crippen LogP contribution in [0.15, 0.2) is 24.3 Å². The first-order valence-corrected chi connectivity index (χ1v) is 6.81. The van der Waals surface area contributed by atoms with Gasteiger partial charge in [0, 0.05) is 18.5 Å². The molecular weight excluding hydrogens is 254 g/mol. The highest BCUT2D eigenvalue weighted by Crippen LogP contribution is 2.34. The fourth-order valence-corrected chi connectivity index (χ4v) is 2.82.